The van der Waals surface area contributed by atoms with Crippen molar-refractivity contribution in [1.82, 2.24) is 14.8 Å². The summed E-state index contributed by atoms with van der Waals surface area (Å²) in [6.45, 7) is 5.62. The minimum atomic E-state index is -0.0713. The first-order chi connectivity index (χ1) is 16.2. The van der Waals surface area contributed by atoms with Crippen molar-refractivity contribution in [3.63, 3.8) is 0 Å². The Labute approximate surface area is 195 Å². The molecular formula is C27H32N4O2. The maximum atomic E-state index is 12.9. The third-order valence-corrected chi connectivity index (χ3v) is 8.24. The summed E-state index contributed by atoms with van der Waals surface area (Å²) >= 11 is 0. The molecule has 2 saturated heterocycles. The van der Waals surface area contributed by atoms with Crippen LogP contribution in [-0.4, -0.2) is 65.9 Å². The van der Waals surface area contributed by atoms with Gasteiger partial charge in [-0.2, -0.15) is 0 Å². The average Bonchev–Trinajstić information content (AvgIpc) is 3.14. The summed E-state index contributed by atoms with van der Waals surface area (Å²) < 4.78 is 0. The van der Waals surface area contributed by atoms with Crippen LogP contribution in [0.1, 0.15) is 25.7 Å². The summed E-state index contributed by atoms with van der Waals surface area (Å²) in [6, 6.07) is 12.5. The molecule has 1 aromatic heterocycles. The Balaban J connectivity index is 0.968. The Morgan fingerprint density at radius 1 is 0.788 bits per heavy atom. The van der Waals surface area contributed by atoms with Crippen LogP contribution in [0.3, 0.4) is 0 Å². The van der Waals surface area contributed by atoms with Crippen LogP contribution in [0.15, 0.2) is 48.6 Å². The Bertz CT molecular complexity index is 1060. The molecule has 3 fully saturated rings. The van der Waals surface area contributed by atoms with E-state index in [0.29, 0.717) is 6.54 Å². The van der Waals surface area contributed by atoms with Crippen molar-refractivity contribution in [3.05, 3.63) is 48.6 Å². The monoisotopic (exact) mass is 444 g/mol. The highest BCUT2D eigenvalue weighted by atomic mass is 16.2. The molecule has 4 atom stereocenters. The molecule has 2 amide bonds. The van der Waals surface area contributed by atoms with Crippen molar-refractivity contribution in [3.8, 4) is 0 Å². The summed E-state index contributed by atoms with van der Waals surface area (Å²) in [7, 11) is 0. The van der Waals surface area contributed by atoms with Crippen molar-refractivity contribution in [2.75, 3.05) is 44.2 Å². The fourth-order valence-corrected chi connectivity index (χ4v) is 6.39. The van der Waals surface area contributed by atoms with Crippen LogP contribution in [0.4, 0.5) is 5.82 Å². The zero-order valence-corrected chi connectivity index (χ0v) is 19.1. The minimum absolute atomic E-state index is 0.0713. The lowest BCUT2D eigenvalue weighted by molar-refractivity contribution is -0.140. The fraction of sp³-hybridized carbons (Fsp3) is 0.519. The minimum Gasteiger partial charge on any atom is -0.354 e. The van der Waals surface area contributed by atoms with Gasteiger partial charge in [0.25, 0.3) is 0 Å². The number of pyridine rings is 1. The number of hydrogen-bond acceptors (Lipinski definition) is 5. The van der Waals surface area contributed by atoms with Gasteiger partial charge >= 0.3 is 0 Å². The molecule has 1 aromatic carbocycles. The zero-order valence-electron chi connectivity index (χ0n) is 19.1. The second-order valence-corrected chi connectivity index (χ2v) is 10.1. The average molecular weight is 445 g/mol. The highest BCUT2D eigenvalue weighted by molar-refractivity contribution is 6.06. The van der Waals surface area contributed by atoms with E-state index in [1.165, 1.54) is 5.39 Å². The number of nitrogens with zero attached hydrogens (tertiary/aromatic N) is 4. The smallest absolute Gasteiger partial charge is 0.233 e. The highest BCUT2D eigenvalue weighted by Crippen LogP contribution is 2.49. The highest BCUT2D eigenvalue weighted by Gasteiger charge is 2.56. The molecule has 172 valence electrons. The first kappa shape index (κ1) is 20.8. The van der Waals surface area contributed by atoms with Gasteiger partial charge in [0.2, 0.25) is 11.8 Å². The summed E-state index contributed by atoms with van der Waals surface area (Å²) in [5.74, 6) is 1.69. The van der Waals surface area contributed by atoms with Gasteiger partial charge < -0.3 is 4.90 Å². The molecule has 2 aliphatic heterocycles. The topological polar surface area (TPSA) is 56.8 Å². The molecule has 5 aliphatic rings. The second kappa shape index (κ2) is 8.56. The summed E-state index contributed by atoms with van der Waals surface area (Å²) in [4.78, 5) is 37.2. The van der Waals surface area contributed by atoms with Gasteiger partial charge in [-0.1, -0.05) is 30.4 Å². The Morgan fingerprint density at radius 3 is 2.15 bits per heavy atom. The zero-order chi connectivity index (χ0) is 22.4. The number of allylic oxidation sites excluding steroid dienone is 2. The van der Waals surface area contributed by atoms with E-state index in [4.69, 9.17) is 4.98 Å². The van der Waals surface area contributed by atoms with Crippen molar-refractivity contribution in [2.45, 2.75) is 25.7 Å². The number of carbonyl (C=O) groups excluding carboxylic acids is 2. The lowest BCUT2D eigenvalue weighted by atomic mass is 9.63. The van der Waals surface area contributed by atoms with E-state index in [1.807, 2.05) is 12.1 Å². The van der Waals surface area contributed by atoms with Gasteiger partial charge in [-0.05, 0) is 62.3 Å². The van der Waals surface area contributed by atoms with Gasteiger partial charge in [0, 0.05) is 38.1 Å². The number of hydrogen-bond donors (Lipinski definition) is 0. The van der Waals surface area contributed by atoms with Gasteiger partial charge in [-0.3, -0.25) is 19.4 Å². The van der Waals surface area contributed by atoms with Crippen LogP contribution in [0.2, 0.25) is 0 Å². The summed E-state index contributed by atoms with van der Waals surface area (Å²) in [6.07, 6.45) is 8.43. The largest absolute Gasteiger partial charge is 0.354 e. The van der Waals surface area contributed by atoms with Gasteiger partial charge in [0.05, 0.1) is 17.4 Å². The molecule has 7 rings (SSSR count). The second-order valence-electron chi connectivity index (χ2n) is 10.1. The molecule has 33 heavy (non-hydrogen) atoms. The number of aromatic nitrogens is 1. The fourth-order valence-electron chi connectivity index (χ4n) is 6.39. The van der Waals surface area contributed by atoms with Gasteiger partial charge in [-0.25, -0.2) is 4.98 Å². The van der Waals surface area contributed by atoms with Crippen molar-refractivity contribution < 1.29 is 9.59 Å². The van der Waals surface area contributed by atoms with E-state index < -0.39 is 0 Å². The van der Waals surface area contributed by atoms with Crippen molar-refractivity contribution >= 4 is 28.5 Å². The molecule has 6 nitrogen and oxygen atoms in total. The number of fused-ring (bicyclic) bond motifs is 2. The Hall–Kier alpha value is -2.73. The SMILES string of the molecule is O=C1[C@@H]2C3C=CC(CC3)[C@@H]2C(=O)N1CCCCN1CCN(c2ccc3ccccc3n2)CC1. The van der Waals surface area contributed by atoms with E-state index in [0.717, 1.165) is 69.7 Å². The van der Waals surface area contributed by atoms with E-state index in [1.54, 1.807) is 4.90 Å². The number of piperazine rings is 1. The number of rotatable bonds is 6. The third kappa shape index (κ3) is 3.74. The summed E-state index contributed by atoms with van der Waals surface area (Å²) in [5, 5.41) is 1.18. The van der Waals surface area contributed by atoms with E-state index in [9.17, 15) is 9.59 Å². The van der Waals surface area contributed by atoms with Crippen LogP contribution in [0, 0.1) is 23.7 Å². The van der Waals surface area contributed by atoms with Crippen molar-refractivity contribution in [1.29, 1.82) is 0 Å². The molecule has 0 spiro atoms. The molecule has 0 radical (unpaired) electrons. The third-order valence-electron chi connectivity index (χ3n) is 8.24. The molecule has 2 aromatic rings. The van der Waals surface area contributed by atoms with Gasteiger partial charge in [-0.15, -0.1) is 0 Å². The molecule has 3 heterocycles. The summed E-state index contributed by atoms with van der Waals surface area (Å²) in [5.41, 5.74) is 1.05. The van der Waals surface area contributed by atoms with E-state index in [-0.39, 0.29) is 35.5 Å². The van der Waals surface area contributed by atoms with Crippen LogP contribution in [-0.2, 0) is 9.59 Å². The van der Waals surface area contributed by atoms with Crippen molar-refractivity contribution in [2.24, 2.45) is 23.7 Å². The molecule has 0 N–H and O–H groups in total. The first-order valence-electron chi connectivity index (χ1n) is 12.6. The standard InChI is InChI=1S/C27H32N4O2/c32-26-24-20-7-8-21(10-9-20)25(24)27(33)31(26)14-4-3-13-29-15-17-30(18-16-29)23-12-11-19-5-1-2-6-22(19)28-23/h1-2,5-8,11-12,20-21,24-25H,3-4,9-10,13-18H2/t20?,21?,24-,25+. The van der Waals surface area contributed by atoms with E-state index >= 15 is 0 Å². The molecule has 3 aliphatic carbocycles. The predicted molar refractivity (Wildman–Crippen MR) is 129 cm³/mol. The normalized spacial score (nSPS) is 29.3. The molecular weight excluding hydrogens is 412 g/mol. The lowest BCUT2D eigenvalue weighted by Crippen LogP contribution is -2.47. The van der Waals surface area contributed by atoms with Gasteiger partial charge in [0.15, 0.2) is 0 Å². The number of para-hydroxylation sites is 1. The Morgan fingerprint density at radius 2 is 1.45 bits per heavy atom. The maximum absolute atomic E-state index is 12.9. The van der Waals surface area contributed by atoms with Gasteiger partial charge in [0.1, 0.15) is 5.82 Å². The number of anilines is 1. The number of benzene rings is 1. The van der Waals surface area contributed by atoms with Crippen LogP contribution < -0.4 is 4.90 Å². The quantitative estimate of drug-likeness (QED) is 0.389. The van der Waals surface area contributed by atoms with Crippen LogP contribution in [0.5, 0.6) is 0 Å². The predicted octanol–water partition coefficient (Wildman–Crippen LogP) is 3.33. The first-order valence-corrected chi connectivity index (χ1v) is 12.6. The maximum Gasteiger partial charge on any atom is 0.233 e. The molecule has 1 saturated carbocycles. The number of carbonyl (C=O) groups is 2. The molecule has 6 heteroatoms. The van der Waals surface area contributed by atoms with Crippen LogP contribution in [0.25, 0.3) is 10.9 Å². The number of imide groups is 1. The Kier molecular flexibility index (Phi) is 5.41. The number of unbranched alkanes of at least 4 members (excludes halogenated alkanes) is 1. The molecule has 2 unspecified atom stereocenters. The van der Waals surface area contributed by atoms with Crippen LogP contribution >= 0.6 is 0 Å². The number of amides is 2. The lowest BCUT2D eigenvalue weighted by Gasteiger charge is -2.38. The van der Waals surface area contributed by atoms with E-state index in [2.05, 4.69) is 46.2 Å². The number of likely N-dealkylation sites (tertiary alicyclic amines) is 1. The molecule has 2 bridgehead atoms.